The molecule has 2 nitrogen and oxygen atoms in total. The molecule has 0 aromatic heterocycles. The third-order valence-corrected chi connectivity index (χ3v) is 3.01. The Morgan fingerprint density at radius 3 is 2.73 bits per heavy atom. The summed E-state index contributed by atoms with van der Waals surface area (Å²) >= 11 is 11.9. The SMILES string of the molecule is NCCCCNCc1cccc(Cl)c1Cl. The Kier molecular flexibility index (Phi) is 6.03. The van der Waals surface area contributed by atoms with E-state index in [2.05, 4.69) is 5.32 Å². The average molecular weight is 247 g/mol. The van der Waals surface area contributed by atoms with Crippen LogP contribution in [0.4, 0.5) is 0 Å². The van der Waals surface area contributed by atoms with Crippen molar-refractivity contribution in [3.8, 4) is 0 Å². The number of nitrogens with two attached hydrogens (primary N) is 1. The summed E-state index contributed by atoms with van der Waals surface area (Å²) in [5.74, 6) is 0. The van der Waals surface area contributed by atoms with Crippen molar-refractivity contribution in [2.45, 2.75) is 19.4 Å². The van der Waals surface area contributed by atoms with Crippen LogP contribution >= 0.6 is 23.2 Å². The van der Waals surface area contributed by atoms with Crippen LogP contribution < -0.4 is 11.1 Å². The average Bonchev–Trinajstić information content (AvgIpc) is 2.24. The van der Waals surface area contributed by atoms with Gasteiger partial charge in [-0.3, -0.25) is 0 Å². The highest BCUT2D eigenvalue weighted by molar-refractivity contribution is 6.42. The zero-order valence-electron chi connectivity index (χ0n) is 8.60. The van der Waals surface area contributed by atoms with Crippen molar-refractivity contribution in [2.24, 2.45) is 5.73 Å². The molecule has 0 unspecified atom stereocenters. The Labute approximate surface area is 101 Å². The summed E-state index contributed by atoms with van der Waals surface area (Å²) in [6.45, 7) is 2.46. The minimum atomic E-state index is 0.609. The third-order valence-electron chi connectivity index (χ3n) is 2.15. The van der Waals surface area contributed by atoms with Crippen LogP contribution in [0.1, 0.15) is 18.4 Å². The Balaban J connectivity index is 2.34. The van der Waals surface area contributed by atoms with Gasteiger partial charge >= 0.3 is 0 Å². The molecule has 4 heteroatoms. The molecule has 0 aliphatic rings. The number of halogens is 2. The molecule has 0 radical (unpaired) electrons. The van der Waals surface area contributed by atoms with Gasteiger partial charge in [-0.05, 0) is 37.6 Å². The smallest absolute Gasteiger partial charge is 0.0637 e. The van der Waals surface area contributed by atoms with E-state index in [0.717, 1.165) is 38.0 Å². The molecule has 0 bridgehead atoms. The molecule has 0 aliphatic carbocycles. The molecule has 0 saturated carbocycles. The van der Waals surface area contributed by atoms with E-state index in [9.17, 15) is 0 Å². The van der Waals surface area contributed by atoms with Crippen LogP contribution in [0.2, 0.25) is 10.0 Å². The second kappa shape index (κ2) is 7.07. The summed E-state index contributed by atoms with van der Waals surface area (Å²) in [5.41, 5.74) is 6.44. The quantitative estimate of drug-likeness (QED) is 0.758. The first-order valence-corrected chi connectivity index (χ1v) is 5.85. The molecule has 0 spiro atoms. The highest BCUT2D eigenvalue weighted by atomic mass is 35.5. The fourth-order valence-electron chi connectivity index (χ4n) is 1.30. The van der Waals surface area contributed by atoms with Gasteiger partial charge in [0, 0.05) is 6.54 Å². The van der Waals surface area contributed by atoms with E-state index in [1.54, 1.807) is 6.07 Å². The van der Waals surface area contributed by atoms with Gasteiger partial charge in [0.05, 0.1) is 10.0 Å². The summed E-state index contributed by atoms with van der Waals surface area (Å²) in [5, 5.41) is 4.56. The van der Waals surface area contributed by atoms with Gasteiger partial charge in [-0.1, -0.05) is 35.3 Å². The van der Waals surface area contributed by atoms with Crippen LogP contribution in [0.15, 0.2) is 18.2 Å². The molecular weight excluding hydrogens is 231 g/mol. The maximum absolute atomic E-state index is 6.04. The molecule has 0 fully saturated rings. The summed E-state index contributed by atoms with van der Waals surface area (Å²) < 4.78 is 0. The van der Waals surface area contributed by atoms with Gasteiger partial charge in [-0.15, -0.1) is 0 Å². The fourth-order valence-corrected chi connectivity index (χ4v) is 1.69. The van der Waals surface area contributed by atoms with Gasteiger partial charge in [0.2, 0.25) is 0 Å². The summed E-state index contributed by atoms with van der Waals surface area (Å²) in [6, 6.07) is 5.68. The normalized spacial score (nSPS) is 10.6. The lowest BCUT2D eigenvalue weighted by Crippen LogP contribution is -2.16. The van der Waals surface area contributed by atoms with E-state index in [1.807, 2.05) is 12.1 Å². The first kappa shape index (κ1) is 12.8. The monoisotopic (exact) mass is 246 g/mol. The van der Waals surface area contributed by atoms with E-state index in [-0.39, 0.29) is 0 Å². The molecule has 0 heterocycles. The van der Waals surface area contributed by atoms with Crippen molar-refractivity contribution in [1.82, 2.24) is 5.32 Å². The van der Waals surface area contributed by atoms with E-state index in [0.29, 0.717) is 10.0 Å². The van der Waals surface area contributed by atoms with Crippen LogP contribution in [0.25, 0.3) is 0 Å². The van der Waals surface area contributed by atoms with Crippen molar-refractivity contribution < 1.29 is 0 Å². The number of nitrogens with one attached hydrogen (secondary N) is 1. The number of hydrogen-bond donors (Lipinski definition) is 2. The summed E-state index contributed by atoms with van der Waals surface area (Å²) in [4.78, 5) is 0. The lowest BCUT2D eigenvalue weighted by atomic mass is 10.2. The largest absolute Gasteiger partial charge is 0.330 e. The minimum absolute atomic E-state index is 0.609. The second-order valence-electron chi connectivity index (χ2n) is 3.39. The predicted molar refractivity (Wildman–Crippen MR) is 66.5 cm³/mol. The summed E-state index contributed by atoms with van der Waals surface area (Å²) in [7, 11) is 0. The maximum Gasteiger partial charge on any atom is 0.0637 e. The van der Waals surface area contributed by atoms with Crippen LogP contribution in [-0.2, 0) is 6.54 Å². The molecule has 15 heavy (non-hydrogen) atoms. The second-order valence-corrected chi connectivity index (χ2v) is 4.17. The van der Waals surface area contributed by atoms with Gasteiger partial charge in [0.25, 0.3) is 0 Å². The Hall–Kier alpha value is -0.280. The highest BCUT2D eigenvalue weighted by Gasteiger charge is 2.02. The number of rotatable bonds is 6. The topological polar surface area (TPSA) is 38.0 Å². The van der Waals surface area contributed by atoms with Crippen molar-refractivity contribution in [2.75, 3.05) is 13.1 Å². The number of unbranched alkanes of at least 4 members (excludes halogenated alkanes) is 1. The van der Waals surface area contributed by atoms with Crippen LogP contribution in [0.3, 0.4) is 0 Å². The van der Waals surface area contributed by atoms with Crippen molar-refractivity contribution in [3.63, 3.8) is 0 Å². The van der Waals surface area contributed by atoms with E-state index in [4.69, 9.17) is 28.9 Å². The van der Waals surface area contributed by atoms with Gasteiger partial charge in [-0.2, -0.15) is 0 Å². The molecule has 0 atom stereocenters. The number of benzene rings is 1. The first-order chi connectivity index (χ1) is 7.25. The third kappa shape index (κ3) is 4.39. The highest BCUT2D eigenvalue weighted by Crippen LogP contribution is 2.25. The van der Waals surface area contributed by atoms with Crippen LogP contribution in [0, 0.1) is 0 Å². The molecule has 84 valence electrons. The first-order valence-electron chi connectivity index (χ1n) is 5.09. The van der Waals surface area contributed by atoms with Gasteiger partial charge < -0.3 is 11.1 Å². The lowest BCUT2D eigenvalue weighted by Gasteiger charge is -2.07. The van der Waals surface area contributed by atoms with Gasteiger partial charge in [-0.25, -0.2) is 0 Å². The fraction of sp³-hybridized carbons (Fsp3) is 0.455. The predicted octanol–water partition coefficient (Wildman–Crippen LogP) is 2.82. The summed E-state index contributed by atoms with van der Waals surface area (Å²) in [6.07, 6.45) is 2.14. The molecule has 1 aromatic carbocycles. The molecule has 3 N–H and O–H groups in total. The molecule has 1 aromatic rings. The maximum atomic E-state index is 6.04. The van der Waals surface area contributed by atoms with E-state index < -0.39 is 0 Å². The van der Waals surface area contributed by atoms with Crippen LogP contribution in [0.5, 0.6) is 0 Å². The van der Waals surface area contributed by atoms with Crippen molar-refractivity contribution >= 4 is 23.2 Å². The zero-order chi connectivity index (χ0) is 11.1. The zero-order valence-corrected chi connectivity index (χ0v) is 10.1. The van der Waals surface area contributed by atoms with Crippen molar-refractivity contribution in [3.05, 3.63) is 33.8 Å². The molecule has 0 amide bonds. The number of hydrogen-bond acceptors (Lipinski definition) is 2. The van der Waals surface area contributed by atoms with E-state index >= 15 is 0 Å². The van der Waals surface area contributed by atoms with Crippen molar-refractivity contribution in [1.29, 1.82) is 0 Å². The Morgan fingerprint density at radius 1 is 1.20 bits per heavy atom. The van der Waals surface area contributed by atoms with Gasteiger partial charge in [0.1, 0.15) is 0 Å². The molecular formula is C11H16Cl2N2. The minimum Gasteiger partial charge on any atom is -0.330 e. The molecule has 0 saturated heterocycles. The Morgan fingerprint density at radius 2 is 2.00 bits per heavy atom. The van der Waals surface area contributed by atoms with E-state index in [1.165, 1.54) is 0 Å². The Bertz CT molecular complexity index is 303. The molecule has 0 aliphatic heterocycles. The molecule has 1 rings (SSSR count). The van der Waals surface area contributed by atoms with Crippen LogP contribution in [-0.4, -0.2) is 13.1 Å². The standard InChI is InChI=1S/C11H16Cl2N2/c12-10-5-3-4-9(11(10)13)8-15-7-2-1-6-14/h3-5,15H,1-2,6-8,14H2. The van der Waals surface area contributed by atoms with Gasteiger partial charge in [0.15, 0.2) is 0 Å². The lowest BCUT2D eigenvalue weighted by molar-refractivity contribution is 0.627.